The number of aliphatic hydroxyl groups is 1. The minimum atomic E-state index is 0.0631. The number of nitrogens with two attached hydrogens (primary N) is 1. The standard InChI is InChI=1S/C13H29N3O/c1-11(9-17)12(2)15-13(10-14)5-4-7-16(3)8-6-13/h11-12,15,17H,4-10,14H2,1-3H3. The fraction of sp³-hybridized carbons (Fsp3) is 1.00. The van der Waals surface area contributed by atoms with Gasteiger partial charge in [-0.25, -0.2) is 0 Å². The molecule has 4 nitrogen and oxygen atoms in total. The van der Waals surface area contributed by atoms with Crippen molar-refractivity contribution in [2.24, 2.45) is 11.7 Å². The topological polar surface area (TPSA) is 61.5 Å². The molecule has 0 spiro atoms. The van der Waals surface area contributed by atoms with Crippen LogP contribution in [0.2, 0.25) is 0 Å². The average Bonchev–Trinajstić information content (AvgIpc) is 2.51. The number of nitrogens with zero attached hydrogens (tertiary/aromatic N) is 1. The van der Waals surface area contributed by atoms with Crippen molar-refractivity contribution in [2.75, 3.05) is 33.3 Å². The van der Waals surface area contributed by atoms with Gasteiger partial charge in [0.15, 0.2) is 0 Å². The Morgan fingerprint density at radius 3 is 2.65 bits per heavy atom. The van der Waals surface area contributed by atoms with Crippen LogP contribution in [0.5, 0.6) is 0 Å². The van der Waals surface area contributed by atoms with Gasteiger partial charge in [-0.15, -0.1) is 0 Å². The molecule has 0 bridgehead atoms. The van der Waals surface area contributed by atoms with Crippen LogP contribution in [0.15, 0.2) is 0 Å². The van der Waals surface area contributed by atoms with E-state index in [0.29, 0.717) is 12.6 Å². The van der Waals surface area contributed by atoms with Crippen molar-refractivity contribution in [3.63, 3.8) is 0 Å². The molecule has 0 aliphatic carbocycles. The van der Waals surface area contributed by atoms with E-state index in [9.17, 15) is 5.11 Å². The van der Waals surface area contributed by atoms with Gasteiger partial charge in [0.05, 0.1) is 0 Å². The second-order valence-electron chi connectivity index (χ2n) is 5.73. The Morgan fingerprint density at radius 2 is 2.06 bits per heavy atom. The van der Waals surface area contributed by atoms with Crippen molar-refractivity contribution in [1.82, 2.24) is 10.2 Å². The summed E-state index contributed by atoms with van der Waals surface area (Å²) in [7, 11) is 2.17. The summed E-state index contributed by atoms with van der Waals surface area (Å²) in [5.41, 5.74) is 6.06. The van der Waals surface area contributed by atoms with Crippen molar-refractivity contribution in [3.05, 3.63) is 0 Å². The van der Waals surface area contributed by atoms with Crippen molar-refractivity contribution in [2.45, 2.75) is 44.7 Å². The summed E-state index contributed by atoms with van der Waals surface area (Å²) in [6.07, 6.45) is 3.43. The lowest BCUT2D eigenvalue weighted by Gasteiger charge is -2.37. The van der Waals surface area contributed by atoms with E-state index in [0.717, 1.165) is 25.9 Å². The molecule has 0 aromatic heterocycles. The largest absolute Gasteiger partial charge is 0.396 e. The monoisotopic (exact) mass is 243 g/mol. The minimum Gasteiger partial charge on any atom is -0.396 e. The van der Waals surface area contributed by atoms with Crippen molar-refractivity contribution in [3.8, 4) is 0 Å². The van der Waals surface area contributed by atoms with Gasteiger partial charge in [-0.2, -0.15) is 0 Å². The molecule has 0 aromatic rings. The van der Waals surface area contributed by atoms with Crippen molar-refractivity contribution in [1.29, 1.82) is 0 Å². The Bertz CT molecular complexity index is 225. The minimum absolute atomic E-state index is 0.0631. The fourth-order valence-electron chi connectivity index (χ4n) is 2.52. The van der Waals surface area contributed by atoms with E-state index in [1.807, 2.05) is 0 Å². The van der Waals surface area contributed by atoms with Gasteiger partial charge in [0, 0.05) is 24.7 Å². The number of hydrogen-bond acceptors (Lipinski definition) is 4. The Labute approximate surface area is 106 Å². The zero-order valence-electron chi connectivity index (χ0n) is 11.6. The molecule has 4 heteroatoms. The summed E-state index contributed by atoms with van der Waals surface area (Å²) in [5, 5.41) is 12.9. The van der Waals surface area contributed by atoms with Crippen LogP contribution >= 0.6 is 0 Å². The Morgan fingerprint density at radius 1 is 1.35 bits per heavy atom. The van der Waals surface area contributed by atoms with Crippen LogP contribution in [0.1, 0.15) is 33.1 Å². The highest BCUT2D eigenvalue weighted by Gasteiger charge is 2.32. The number of aliphatic hydroxyl groups excluding tert-OH is 1. The molecule has 0 aromatic carbocycles. The Balaban J connectivity index is 2.61. The summed E-state index contributed by atoms with van der Waals surface area (Å²) in [6, 6.07) is 0.312. The lowest BCUT2D eigenvalue weighted by molar-refractivity contribution is 0.172. The maximum Gasteiger partial charge on any atom is 0.0471 e. The number of hydrogen-bond donors (Lipinski definition) is 3. The van der Waals surface area contributed by atoms with E-state index in [1.165, 1.54) is 6.42 Å². The van der Waals surface area contributed by atoms with E-state index in [1.54, 1.807) is 0 Å². The fourth-order valence-corrected chi connectivity index (χ4v) is 2.52. The molecule has 4 N–H and O–H groups in total. The van der Waals surface area contributed by atoms with Gasteiger partial charge < -0.3 is 21.1 Å². The SMILES string of the molecule is CC(CO)C(C)NC1(CN)CCCN(C)CC1. The lowest BCUT2D eigenvalue weighted by atomic mass is 9.88. The van der Waals surface area contributed by atoms with Crippen LogP contribution in [-0.4, -0.2) is 54.9 Å². The van der Waals surface area contributed by atoms with E-state index in [-0.39, 0.29) is 18.1 Å². The lowest BCUT2D eigenvalue weighted by Crippen LogP contribution is -2.56. The van der Waals surface area contributed by atoms with Crippen LogP contribution < -0.4 is 11.1 Å². The smallest absolute Gasteiger partial charge is 0.0471 e. The third kappa shape index (κ3) is 4.21. The van der Waals surface area contributed by atoms with Gasteiger partial charge in [-0.3, -0.25) is 0 Å². The van der Waals surface area contributed by atoms with Crippen molar-refractivity contribution >= 4 is 0 Å². The highest BCUT2D eigenvalue weighted by molar-refractivity contribution is 4.94. The predicted molar refractivity (Wildman–Crippen MR) is 72.0 cm³/mol. The second-order valence-corrected chi connectivity index (χ2v) is 5.73. The highest BCUT2D eigenvalue weighted by atomic mass is 16.3. The summed E-state index contributed by atoms with van der Waals surface area (Å²) >= 11 is 0. The molecule has 1 fully saturated rings. The van der Waals surface area contributed by atoms with Gasteiger partial charge >= 0.3 is 0 Å². The summed E-state index contributed by atoms with van der Waals surface area (Å²) in [6.45, 7) is 7.40. The molecule has 0 radical (unpaired) electrons. The molecular weight excluding hydrogens is 214 g/mol. The van der Waals surface area contributed by atoms with Crippen LogP contribution in [0.4, 0.5) is 0 Å². The van der Waals surface area contributed by atoms with Gasteiger partial charge in [-0.05, 0) is 52.2 Å². The zero-order valence-corrected chi connectivity index (χ0v) is 11.6. The maximum absolute atomic E-state index is 9.21. The third-order valence-corrected chi connectivity index (χ3v) is 4.23. The van der Waals surface area contributed by atoms with E-state index in [2.05, 4.69) is 31.1 Å². The molecule has 3 unspecified atom stereocenters. The molecule has 1 saturated heterocycles. The zero-order chi connectivity index (χ0) is 12.9. The molecule has 3 atom stereocenters. The molecule has 0 amide bonds. The van der Waals surface area contributed by atoms with Gasteiger partial charge in [0.1, 0.15) is 0 Å². The molecule has 1 heterocycles. The average molecular weight is 243 g/mol. The number of nitrogens with one attached hydrogen (secondary N) is 1. The Hall–Kier alpha value is -0.160. The molecule has 1 aliphatic rings. The van der Waals surface area contributed by atoms with E-state index < -0.39 is 0 Å². The molecule has 1 aliphatic heterocycles. The number of rotatable bonds is 5. The maximum atomic E-state index is 9.21. The second kappa shape index (κ2) is 6.69. The highest BCUT2D eigenvalue weighted by Crippen LogP contribution is 2.22. The molecule has 0 saturated carbocycles. The van der Waals surface area contributed by atoms with Gasteiger partial charge in [0.25, 0.3) is 0 Å². The molecule has 1 rings (SSSR count). The van der Waals surface area contributed by atoms with Crippen LogP contribution in [0.3, 0.4) is 0 Å². The summed E-state index contributed by atoms with van der Waals surface area (Å²) in [5.74, 6) is 0.277. The summed E-state index contributed by atoms with van der Waals surface area (Å²) in [4.78, 5) is 2.37. The normalized spacial score (nSPS) is 30.9. The van der Waals surface area contributed by atoms with E-state index in [4.69, 9.17) is 5.73 Å². The van der Waals surface area contributed by atoms with Gasteiger partial charge in [0.2, 0.25) is 0 Å². The quantitative estimate of drug-likeness (QED) is 0.654. The Kier molecular flexibility index (Phi) is 5.86. The van der Waals surface area contributed by atoms with E-state index >= 15 is 0 Å². The molecule has 17 heavy (non-hydrogen) atoms. The molecule has 102 valence electrons. The first-order valence-electron chi connectivity index (χ1n) is 6.80. The first-order valence-corrected chi connectivity index (χ1v) is 6.80. The number of likely N-dealkylation sites (tertiary alicyclic amines) is 1. The first-order chi connectivity index (χ1) is 8.03. The van der Waals surface area contributed by atoms with Gasteiger partial charge in [-0.1, -0.05) is 6.92 Å². The first kappa shape index (κ1) is 14.9. The molecular formula is C13H29N3O. The van der Waals surface area contributed by atoms with Crippen LogP contribution in [0.25, 0.3) is 0 Å². The third-order valence-electron chi connectivity index (χ3n) is 4.23. The van der Waals surface area contributed by atoms with Crippen LogP contribution in [-0.2, 0) is 0 Å². The predicted octanol–water partition coefficient (Wildman–Crippen LogP) is 0.406. The van der Waals surface area contributed by atoms with Crippen LogP contribution in [0, 0.1) is 5.92 Å². The van der Waals surface area contributed by atoms with Crippen molar-refractivity contribution < 1.29 is 5.11 Å². The summed E-state index contributed by atoms with van der Waals surface area (Å²) < 4.78 is 0.